The number of benzene rings is 1. The minimum absolute atomic E-state index is 0.0460. The number of hydrogen-bond donors (Lipinski definition) is 0. The van der Waals surface area contributed by atoms with Crippen LogP contribution in [0.1, 0.15) is 37.0 Å². The van der Waals surface area contributed by atoms with Crippen molar-refractivity contribution < 1.29 is 22.8 Å². The van der Waals surface area contributed by atoms with Crippen molar-refractivity contribution in [2.75, 3.05) is 40.3 Å². The highest BCUT2D eigenvalue weighted by Crippen LogP contribution is 2.28. The van der Waals surface area contributed by atoms with Gasteiger partial charge in [0.1, 0.15) is 4.90 Å². The predicted molar refractivity (Wildman–Crippen MR) is 114 cm³/mol. The molecule has 0 aromatic heterocycles. The first-order chi connectivity index (χ1) is 14.1. The predicted octanol–water partition coefficient (Wildman–Crippen LogP) is 2.24. The maximum atomic E-state index is 13.3. The molecule has 2 aliphatic rings. The average molecular weight is 460 g/mol. The third kappa shape index (κ3) is 4.98. The zero-order chi connectivity index (χ0) is 22.1. The van der Waals surface area contributed by atoms with E-state index in [2.05, 4.69) is 18.7 Å². The Labute approximate surface area is 183 Å². The number of amides is 1. The summed E-state index contributed by atoms with van der Waals surface area (Å²) in [7, 11) is -1.43. The summed E-state index contributed by atoms with van der Waals surface area (Å²) in [6.45, 7) is 7.25. The molecule has 3 rings (SSSR count). The normalized spacial score (nSPS) is 25.8. The van der Waals surface area contributed by atoms with Crippen LogP contribution in [0, 0.1) is 0 Å². The molecule has 3 atom stereocenters. The molecule has 0 N–H and O–H groups in total. The van der Waals surface area contributed by atoms with E-state index in [1.54, 1.807) is 6.07 Å². The summed E-state index contributed by atoms with van der Waals surface area (Å²) >= 11 is 6.13. The molecule has 1 amide bonds. The lowest BCUT2D eigenvalue weighted by Gasteiger charge is -2.38. The van der Waals surface area contributed by atoms with Crippen LogP contribution in [0.15, 0.2) is 23.1 Å². The Bertz CT molecular complexity index is 871. The molecule has 2 aliphatic heterocycles. The van der Waals surface area contributed by atoms with Gasteiger partial charge in [0.2, 0.25) is 0 Å². The van der Waals surface area contributed by atoms with E-state index in [1.165, 1.54) is 26.3 Å². The maximum Gasteiger partial charge on any atom is 0.266 e. The minimum Gasteiger partial charge on any atom is -0.373 e. The van der Waals surface area contributed by atoms with Gasteiger partial charge in [-0.25, -0.2) is 8.42 Å². The van der Waals surface area contributed by atoms with E-state index in [4.69, 9.17) is 21.2 Å². The molecule has 0 saturated carbocycles. The van der Waals surface area contributed by atoms with Crippen LogP contribution in [0.3, 0.4) is 0 Å². The van der Waals surface area contributed by atoms with Gasteiger partial charge in [-0.15, -0.1) is 0 Å². The van der Waals surface area contributed by atoms with Crippen LogP contribution in [0.25, 0.3) is 0 Å². The summed E-state index contributed by atoms with van der Waals surface area (Å²) < 4.78 is 31.8. The lowest BCUT2D eigenvalue weighted by Crippen LogP contribution is -2.50. The fourth-order valence-corrected chi connectivity index (χ4v) is 5.73. The molecule has 2 heterocycles. The second-order valence-corrected chi connectivity index (χ2v) is 10.3. The topological polar surface area (TPSA) is 79.4 Å². The highest BCUT2D eigenvalue weighted by Gasteiger charge is 2.34. The molecular weight excluding hydrogens is 430 g/mol. The van der Waals surface area contributed by atoms with Gasteiger partial charge < -0.3 is 9.64 Å². The van der Waals surface area contributed by atoms with Gasteiger partial charge in [-0.2, -0.15) is 0 Å². The van der Waals surface area contributed by atoms with Gasteiger partial charge >= 0.3 is 0 Å². The largest absolute Gasteiger partial charge is 0.373 e. The number of hydrogen-bond acceptors (Lipinski definition) is 6. The first kappa shape index (κ1) is 23.4. The Kier molecular flexibility index (Phi) is 7.42. The summed E-state index contributed by atoms with van der Waals surface area (Å²) in [5.74, 6) is -0.181. The second-order valence-electron chi connectivity index (χ2n) is 8.01. The number of ether oxygens (including phenoxy) is 1. The van der Waals surface area contributed by atoms with Crippen molar-refractivity contribution in [2.24, 2.45) is 0 Å². The molecule has 10 heteroatoms. The molecule has 2 saturated heterocycles. The highest BCUT2D eigenvalue weighted by molar-refractivity contribution is 7.89. The zero-order valence-corrected chi connectivity index (χ0v) is 19.4. The summed E-state index contributed by atoms with van der Waals surface area (Å²) in [5.41, 5.74) is 0.304. The van der Waals surface area contributed by atoms with Crippen molar-refractivity contribution in [3.8, 4) is 0 Å². The standard InChI is InChI=1S/C20H30ClN3O5S/c1-14-11-23(12-15(2)29-14)13-17-6-5-9-24(17)20(25)16-7-8-18(21)19(10-16)30(26,27)22(3)28-4/h7-8,10,14-15,17H,5-6,9,11-13H2,1-4H3. The number of nitrogens with zero attached hydrogens (tertiary/aromatic N) is 3. The zero-order valence-electron chi connectivity index (χ0n) is 17.9. The quantitative estimate of drug-likeness (QED) is 0.607. The molecule has 1 aromatic carbocycles. The number of carbonyl (C=O) groups is 1. The van der Waals surface area contributed by atoms with Gasteiger partial charge in [0.05, 0.1) is 24.3 Å². The molecule has 3 unspecified atom stereocenters. The maximum absolute atomic E-state index is 13.3. The SMILES string of the molecule is CON(C)S(=O)(=O)c1cc(C(=O)N2CCCC2CN2CC(C)OC(C)C2)ccc1Cl. The van der Waals surface area contributed by atoms with Gasteiger partial charge in [0.15, 0.2) is 0 Å². The molecule has 1 aromatic rings. The Balaban J connectivity index is 1.79. The highest BCUT2D eigenvalue weighted by atomic mass is 35.5. The first-order valence-electron chi connectivity index (χ1n) is 10.1. The third-order valence-electron chi connectivity index (χ3n) is 5.65. The van der Waals surface area contributed by atoms with Crippen molar-refractivity contribution in [3.63, 3.8) is 0 Å². The summed E-state index contributed by atoms with van der Waals surface area (Å²) in [6, 6.07) is 4.45. The first-order valence-corrected chi connectivity index (χ1v) is 12.0. The molecule has 30 heavy (non-hydrogen) atoms. The Morgan fingerprint density at radius 3 is 2.60 bits per heavy atom. The van der Waals surface area contributed by atoms with E-state index in [0.717, 1.165) is 36.9 Å². The Hall–Kier alpha value is -1.23. The summed E-state index contributed by atoms with van der Waals surface area (Å²) in [5, 5.41) is 0.0460. The molecule has 2 fully saturated rings. The van der Waals surface area contributed by atoms with Crippen molar-refractivity contribution in [2.45, 2.75) is 49.8 Å². The second kappa shape index (κ2) is 9.50. The number of hydroxylamine groups is 1. The van der Waals surface area contributed by atoms with E-state index in [0.29, 0.717) is 12.1 Å². The number of likely N-dealkylation sites (tertiary alicyclic amines) is 1. The molecule has 0 radical (unpaired) electrons. The van der Waals surface area contributed by atoms with Crippen LogP contribution in [-0.2, 0) is 19.6 Å². The number of rotatable bonds is 6. The van der Waals surface area contributed by atoms with E-state index < -0.39 is 10.0 Å². The number of sulfonamides is 1. The lowest BCUT2D eigenvalue weighted by atomic mass is 10.1. The molecule has 0 spiro atoms. The van der Waals surface area contributed by atoms with Crippen LogP contribution in [0.2, 0.25) is 5.02 Å². The molecule has 0 bridgehead atoms. The van der Waals surface area contributed by atoms with Gasteiger partial charge in [-0.3, -0.25) is 14.5 Å². The smallest absolute Gasteiger partial charge is 0.266 e. The fraction of sp³-hybridized carbons (Fsp3) is 0.650. The van der Waals surface area contributed by atoms with Gasteiger partial charge in [-0.05, 0) is 44.9 Å². The lowest BCUT2D eigenvalue weighted by molar-refractivity contribution is -0.0715. The van der Waals surface area contributed by atoms with E-state index in [-0.39, 0.29) is 34.1 Å². The van der Waals surface area contributed by atoms with E-state index >= 15 is 0 Å². The number of halogens is 1. The van der Waals surface area contributed by atoms with Crippen LogP contribution >= 0.6 is 11.6 Å². The fourth-order valence-electron chi connectivity index (χ4n) is 4.26. The van der Waals surface area contributed by atoms with Gasteiger partial charge in [-0.1, -0.05) is 16.1 Å². The van der Waals surface area contributed by atoms with Gasteiger partial charge in [0, 0.05) is 44.8 Å². The monoisotopic (exact) mass is 459 g/mol. The molecule has 0 aliphatic carbocycles. The van der Waals surface area contributed by atoms with E-state index in [9.17, 15) is 13.2 Å². The number of morpholine rings is 1. The van der Waals surface area contributed by atoms with Crippen molar-refractivity contribution >= 4 is 27.5 Å². The van der Waals surface area contributed by atoms with Crippen LogP contribution in [0.5, 0.6) is 0 Å². The average Bonchev–Trinajstić information content (AvgIpc) is 3.14. The molecular formula is C20H30ClN3O5S. The van der Waals surface area contributed by atoms with Crippen LogP contribution in [0.4, 0.5) is 0 Å². The molecule has 8 nitrogen and oxygen atoms in total. The van der Waals surface area contributed by atoms with Crippen molar-refractivity contribution in [3.05, 3.63) is 28.8 Å². The van der Waals surface area contributed by atoms with Crippen LogP contribution in [-0.4, -0.2) is 87.2 Å². The van der Waals surface area contributed by atoms with E-state index in [1.807, 2.05) is 4.90 Å². The van der Waals surface area contributed by atoms with Gasteiger partial charge in [0.25, 0.3) is 15.9 Å². The summed E-state index contributed by atoms with van der Waals surface area (Å²) in [6.07, 6.45) is 2.19. The van der Waals surface area contributed by atoms with Crippen molar-refractivity contribution in [1.82, 2.24) is 14.3 Å². The van der Waals surface area contributed by atoms with Crippen LogP contribution < -0.4 is 0 Å². The summed E-state index contributed by atoms with van der Waals surface area (Å²) in [4.78, 5) is 22.1. The Morgan fingerprint density at radius 1 is 1.30 bits per heavy atom. The minimum atomic E-state index is -3.96. The number of carbonyl (C=O) groups excluding carboxylic acids is 1. The third-order valence-corrected chi connectivity index (χ3v) is 7.82. The van der Waals surface area contributed by atoms with Crippen molar-refractivity contribution in [1.29, 1.82) is 0 Å². The molecule has 168 valence electrons. The Morgan fingerprint density at radius 2 is 1.97 bits per heavy atom.